The van der Waals surface area contributed by atoms with Crippen LogP contribution in [0.25, 0.3) is 0 Å². The van der Waals surface area contributed by atoms with Crippen molar-refractivity contribution in [3.8, 4) is 6.07 Å². The molecular weight excluding hydrogens is 202 g/mol. The zero-order chi connectivity index (χ0) is 11.6. The third kappa shape index (κ3) is 1.85. The molecule has 1 aliphatic heterocycles. The number of nitriles is 1. The van der Waals surface area contributed by atoms with Crippen molar-refractivity contribution in [2.24, 2.45) is 5.41 Å². The molecule has 16 heavy (non-hydrogen) atoms. The van der Waals surface area contributed by atoms with Gasteiger partial charge in [0.05, 0.1) is 23.2 Å². The molecule has 0 bridgehead atoms. The summed E-state index contributed by atoms with van der Waals surface area (Å²) < 4.78 is 5.48. The Morgan fingerprint density at radius 3 is 2.50 bits per heavy atom. The molecule has 90 valence electrons. The molecular formula is C13H21NO2. The molecule has 1 saturated heterocycles. The lowest BCUT2D eigenvalue weighted by Crippen LogP contribution is -2.53. The van der Waals surface area contributed by atoms with Gasteiger partial charge in [0.2, 0.25) is 0 Å². The van der Waals surface area contributed by atoms with Crippen molar-refractivity contribution in [1.29, 1.82) is 5.26 Å². The minimum Gasteiger partial charge on any atom is -0.388 e. The summed E-state index contributed by atoms with van der Waals surface area (Å²) in [6, 6.07) is 2.44. The Morgan fingerprint density at radius 2 is 1.94 bits per heavy atom. The van der Waals surface area contributed by atoms with E-state index in [0.717, 1.165) is 25.7 Å². The Bertz CT molecular complexity index is 291. The van der Waals surface area contributed by atoms with E-state index in [1.165, 1.54) is 6.42 Å². The number of hydrogen-bond acceptors (Lipinski definition) is 3. The summed E-state index contributed by atoms with van der Waals surface area (Å²) in [5.74, 6) is 0. The molecule has 0 spiro atoms. The van der Waals surface area contributed by atoms with E-state index in [4.69, 9.17) is 4.74 Å². The zero-order valence-electron chi connectivity index (χ0n) is 10.0. The minimum absolute atomic E-state index is 0.0749. The highest BCUT2D eigenvalue weighted by molar-refractivity contribution is 5.13. The Labute approximate surface area is 97.4 Å². The van der Waals surface area contributed by atoms with Gasteiger partial charge < -0.3 is 9.84 Å². The van der Waals surface area contributed by atoms with Gasteiger partial charge in [-0.3, -0.25) is 0 Å². The fraction of sp³-hybridized carbons (Fsp3) is 0.923. The number of hydrogen-bond donors (Lipinski definition) is 1. The molecule has 2 fully saturated rings. The van der Waals surface area contributed by atoms with Crippen molar-refractivity contribution in [3.05, 3.63) is 0 Å². The number of nitrogens with zero attached hydrogens (tertiary/aromatic N) is 1. The summed E-state index contributed by atoms with van der Waals surface area (Å²) in [6.07, 6.45) is 6.36. The van der Waals surface area contributed by atoms with Crippen LogP contribution in [0.3, 0.4) is 0 Å². The first kappa shape index (κ1) is 11.9. The zero-order valence-corrected chi connectivity index (χ0v) is 10.0. The summed E-state index contributed by atoms with van der Waals surface area (Å²) >= 11 is 0. The van der Waals surface area contributed by atoms with E-state index in [2.05, 4.69) is 6.07 Å². The van der Waals surface area contributed by atoms with Crippen molar-refractivity contribution in [1.82, 2.24) is 0 Å². The second-order valence-corrected chi connectivity index (χ2v) is 5.42. The molecule has 1 heterocycles. The van der Waals surface area contributed by atoms with E-state index in [9.17, 15) is 10.4 Å². The predicted molar refractivity (Wildman–Crippen MR) is 60.7 cm³/mol. The molecule has 2 rings (SSSR count). The van der Waals surface area contributed by atoms with Crippen LogP contribution in [0.15, 0.2) is 0 Å². The van der Waals surface area contributed by atoms with Crippen molar-refractivity contribution < 1.29 is 9.84 Å². The first-order valence-corrected chi connectivity index (χ1v) is 6.37. The topological polar surface area (TPSA) is 53.2 Å². The molecule has 2 aliphatic rings. The van der Waals surface area contributed by atoms with Crippen LogP contribution in [-0.4, -0.2) is 23.4 Å². The Kier molecular flexibility index (Phi) is 3.23. The summed E-state index contributed by atoms with van der Waals surface area (Å²) in [7, 11) is 0. The maximum absolute atomic E-state index is 10.8. The van der Waals surface area contributed by atoms with Crippen LogP contribution in [-0.2, 0) is 4.74 Å². The van der Waals surface area contributed by atoms with Crippen molar-refractivity contribution in [2.45, 2.75) is 63.6 Å². The molecule has 3 nitrogen and oxygen atoms in total. The van der Waals surface area contributed by atoms with Crippen molar-refractivity contribution >= 4 is 0 Å². The van der Waals surface area contributed by atoms with Gasteiger partial charge in [0.15, 0.2) is 0 Å². The predicted octanol–water partition coefficient (Wildman–Crippen LogP) is 2.39. The first-order chi connectivity index (χ1) is 7.62. The van der Waals surface area contributed by atoms with Crippen LogP contribution in [0.4, 0.5) is 0 Å². The molecule has 1 N–H and O–H groups in total. The summed E-state index contributed by atoms with van der Waals surface area (Å²) in [4.78, 5) is 0. The molecule has 3 heteroatoms. The van der Waals surface area contributed by atoms with Gasteiger partial charge in [0, 0.05) is 19.4 Å². The monoisotopic (exact) mass is 223 g/mol. The molecule has 0 aromatic heterocycles. The molecule has 1 aliphatic carbocycles. The fourth-order valence-corrected chi connectivity index (χ4v) is 3.34. The van der Waals surface area contributed by atoms with Gasteiger partial charge in [0.25, 0.3) is 0 Å². The molecule has 1 saturated carbocycles. The van der Waals surface area contributed by atoms with Gasteiger partial charge in [-0.15, -0.1) is 0 Å². The van der Waals surface area contributed by atoms with Gasteiger partial charge >= 0.3 is 0 Å². The van der Waals surface area contributed by atoms with E-state index in [0.29, 0.717) is 19.4 Å². The first-order valence-electron chi connectivity index (χ1n) is 6.37. The molecule has 0 radical (unpaired) electrons. The Balaban J connectivity index is 2.21. The molecule has 0 amide bonds. The van der Waals surface area contributed by atoms with Gasteiger partial charge in [-0.05, 0) is 19.8 Å². The number of ether oxygens (including phenoxy) is 1. The summed E-state index contributed by atoms with van der Waals surface area (Å²) in [6.45, 7) is 2.57. The average molecular weight is 223 g/mol. The molecule has 0 aromatic carbocycles. The van der Waals surface area contributed by atoms with Gasteiger partial charge in [-0.2, -0.15) is 5.26 Å². The van der Waals surface area contributed by atoms with Crippen LogP contribution >= 0.6 is 0 Å². The lowest BCUT2D eigenvalue weighted by molar-refractivity contribution is -0.155. The van der Waals surface area contributed by atoms with Gasteiger partial charge in [0.1, 0.15) is 0 Å². The SMILES string of the molecule is CC1CC(O)(C2(C#N)CCCCC2)CCO1. The van der Waals surface area contributed by atoms with E-state index >= 15 is 0 Å². The van der Waals surface area contributed by atoms with Crippen LogP contribution < -0.4 is 0 Å². The highest BCUT2D eigenvalue weighted by Crippen LogP contribution is 2.49. The second kappa shape index (κ2) is 4.35. The van der Waals surface area contributed by atoms with Gasteiger partial charge in [-0.1, -0.05) is 19.3 Å². The van der Waals surface area contributed by atoms with Crippen LogP contribution in [0.1, 0.15) is 51.9 Å². The molecule has 0 aromatic rings. The van der Waals surface area contributed by atoms with Crippen molar-refractivity contribution in [3.63, 3.8) is 0 Å². The third-order valence-electron chi connectivity index (χ3n) is 4.36. The fourth-order valence-electron chi connectivity index (χ4n) is 3.34. The summed E-state index contributed by atoms with van der Waals surface area (Å²) in [5, 5.41) is 20.3. The summed E-state index contributed by atoms with van der Waals surface area (Å²) in [5.41, 5.74) is -1.33. The largest absolute Gasteiger partial charge is 0.388 e. The minimum atomic E-state index is -0.820. The van der Waals surface area contributed by atoms with E-state index in [1.807, 2.05) is 6.92 Å². The lowest BCUT2D eigenvalue weighted by Gasteiger charge is -2.48. The van der Waals surface area contributed by atoms with E-state index in [1.54, 1.807) is 0 Å². The molecule has 2 unspecified atom stereocenters. The average Bonchev–Trinajstić information content (AvgIpc) is 2.29. The van der Waals surface area contributed by atoms with E-state index < -0.39 is 11.0 Å². The van der Waals surface area contributed by atoms with Gasteiger partial charge in [-0.25, -0.2) is 0 Å². The maximum Gasteiger partial charge on any atom is 0.0879 e. The number of aliphatic hydroxyl groups is 1. The maximum atomic E-state index is 10.8. The quantitative estimate of drug-likeness (QED) is 0.742. The number of rotatable bonds is 1. The van der Waals surface area contributed by atoms with Crippen LogP contribution in [0.2, 0.25) is 0 Å². The normalized spacial score (nSPS) is 38.9. The highest BCUT2D eigenvalue weighted by atomic mass is 16.5. The smallest absolute Gasteiger partial charge is 0.0879 e. The Morgan fingerprint density at radius 1 is 1.25 bits per heavy atom. The lowest BCUT2D eigenvalue weighted by atomic mass is 9.61. The van der Waals surface area contributed by atoms with E-state index in [-0.39, 0.29) is 6.10 Å². The third-order valence-corrected chi connectivity index (χ3v) is 4.36. The van der Waals surface area contributed by atoms with Crippen LogP contribution in [0.5, 0.6) is 0 Å². The molecule has 2 atom stereocenters. The van der Waals surface area contributed by atoms with Crippen molar-refractivity contribution in [2.75, 3.05) is 6.61 Å². The highest BCUT2D eigenvalue weighted by Gasteiger charge is 2.52. The van der Waals surface area contributed by atoms with Crippen LogP contribution in [0, 0.1) is 16.7 Å². The Hall–Kier alpha value is -0.590. The standard InChI is InChI=1S/C13H21NO2/c1-11-9-13(15,7-8-16-11)12(10-14)5-3-2-4-6-12/h11,15H,2-9H2,1H3. The second-order valence-electron chi connectivity index (χ2n) is 5.42.